The maximum Gasteiger partial charge on any atom is 0.0991 e. The Morgan fingerprint density at radius 2 is 1.88 bits per heavy atom. The van der Waals surface area contributed by atoms with Crippen LogP contribution < -0.4 is 0 Å². The van der Waals surface area contributed by atoms with Gasteiger partial charge < -0.3 is 4.57 Å². The molecule has 3 nitrogen and oxygen atoms in total. The van der Waals surface area contributed by atoms with Crippen molar-refractivity contribution in [2.24, 2.45) is 0 Å². The summed E-state index contributed by atoms with van der Waals surface area (Å²) in [7, 11) is 0. The lowest BCUT2D eigenvalue weighted by molar-refractivity contribution is 0.230. The van der Waals surface area contributed by atoms with Crippen molar-refractivity contribution in [2.75, 3.05) is 6.54 Å². The van der Waals surface area contributed by atoms with Gasteiger partial charge in [0.15, 0.2) is 0 Å². The molecule has 2 aromatic carbocycles. The summed E-state index contributed by atoms with van der Waals surface area (Å²) in [6.45, 7) is 1.92. The molecule has 1 aliphatic heterocycles. The van der Waals surface area contributed by atoms with Crippen molar-refractivity contribution in [2.45, 2.75) is 31.3 Å². The van der Waals surface area contributed by atoms with Crippen LogP contribution in [0.15, 0.2) is 55.1 Å². The van der Waals surface area contributed by atoms with Crippen LogP contribution in [0.4, 0.5) is 0 Å². The van der Waals surface area contributed by atoms with Crippen LogP contribution in [0, 0.1) is 0 Å². The van der Waals surface area contributed by atoms with Gasteiger partial charge in [-0.25, -0.2) is 4.98 Å². The number of halogens is 2. The van der Waals surface area contributed by atoms with Crippen LogP contribution in [0.1, 0.15) is 35.4 Å². The standard InChI is InChI=1S/C21H19Cl2N3/c22-14-9-17-18(11-26(15-5-6-15)12-19(17)20(23)10-14)16-3-1-2-4-21(16)25-8-7-24-13-25/h1-4,7-10,13,15,18H,5-6,11-12H2/t18-/m0/s1. The van der Waals surface area contributed by atoms with Crippen molar-refractivity contribution in [3.8, 4) is 5.69 Å². The topological polar surface area (TPSA) is 21.1 Å². The van der Waals surface area contributed by atoms with Crippen molar-refractivity contribution in [3.05, 3.63) is 81.9 Å². The molecule has 0 amide bonds. The molecule has 0 bridgehead atoms. The fourth-order valence-electron chi connectivity index (χ4n) is 4.10. The predicted molar refractivity (Wildman–Crippen MR) is 105 cm³/mol. The van der Waals surface area contributed by atoms with Gasteiger partial charge in [0.05, 0.1) is 12.0 Å². The van der Waals surface area contributed by atoms with Gasteiger partial charge in [-0.1, -0.05) is 41.4 Å². The second kappa shape index (κ2) is 6.41. The van der Waals surface area contributed by atoms with Crippen LogP contribution in [0.5, 0.6) is 0 Å². The Labute approximate surface area is 163 Å². The number of rotatable bonds is 3. The zero-order valence-corrected chi connectivity index (χ0v) is 15.8. The number of hydrogen-bond acceptors (Lipinski definition) is 2. The first-order chi connectivity index (χ1) is 12.7. The van der Waals surface area contributed by atoms with E-state index in [1.54, 1.807) is 0 Å². The van der Waals surface area contributed by atoms with E-state index in [9.17, 15) is 0 Å². The highest BCUT2D eigenvalue weighted by atomic mass is 35.5. The summed E-state index contributed by atoms with van der Waals surface area (Å²) in [6.07, 6.45) is 8.24. The van der Waals surface area contributed by atoms with Crippen LogP contribution >= 0.6 is 23.2 Å². The molecule has 0 unspecified atom stereocenters. The summed E-state index contributed by atoms with van der Waals surface area (Å²) in [5, 5.41) is 1.49. The molecule has 0 radical (unpaired) electrons. The minimum atomic E-state index is 0.245. The van der Waals surface area contributed by atoms with Gasteiger partial charge >= 0.3 is 0 Å². The summed E-state index contributed by atoms with van der Waals surface area (Å²) in [4.78, 5) is 6.80. The van der Waals surface area contributed by atoms with E-state index in [0.717, 1.165) is 23.8 Å². The molecule has 0 spiro atoms. The third-order valence-electron chi connectivity index (χ3n) is 5.51. The number of nitrogens with zero attached hydrogens (tertiary/aromatic N) is 3. The normalized spacial score (nSPS) is 20.2. The molecule has 5 heteroatoms. The van der Waals surface area contributed by atoms with Gasteiger partial charge in [-0.3, -0.25) is 4.90 Å². The summed E-state index contributed by atoms with van der Waals surface area (Å²) in [5.41, 5.74) is 4.93. The van der Waals surface area contributed by atoms with Crippen LogP contribution in [-0.4, -0.2) is 27.0 Å². The molecule has 3 aromatic rings. The Bertz CT molecular complexity index is 948. The largest absolute Gasteiger partial charge is 0.306 e. The second-order valence-electron chi connectivity index (χ2n) is 7.20. The average Bonchev–Trinajstić information content (AvgIpc) is 3.35. The monoisotopic (exact) mass is 383 g/mol. The number of hydrogen-bond donors (Lipinski definition) is 0. The van der Waals surface area contributed by atoms with Crippen molar-refractivity contribution in [1.29, 1.82) is 0 Å². The molecule has 1 aliphatic carbocycles. The zero-order chi connectivity index (χ0) is 17.7. The van der Waals surface area contributed by atoms with Gasteiger partial charge in [-0.2, -0.15) is 0 Å². The van der Waals surface area contributed by atoms with Gasteiger partial charge in [0.2, 0.25) is 0 Å². The fourth-order valence-corrected chi connectivity index (χ4v) is 4.67. The number of benzene rings is 2. The molecule has 1 saturated carbocycles. The van der Waals surface area contributed by atoms with Gasteiger partial charge in [0, 0.05) is 47.5 Å². The molecule has 2 aliphatic rings. The Hall–Kier alpha value is -1.81. The lowest BCUT2D eigenvalue weighted by Crippen LogP contribution is -2.36. The number of aromatic nitrogens is 2. The minimum Gasteiger partial charge on any atom is -0.306 e. The maximum atomic E-state index is 6.60. The van der Waals surface area contributed by atoms with Crippen LogP contribution in [0.2, 0.25) is 10.0 Å². The molecular formula is C21H19Cl2N3. The quantitative estimate of drug-likeness (QED) is 0.612. The van der Waals surface area contributed by atoms with Crippen molar-refractivity contribution < 1.29 is 0 Å². The Morgan fingerprint density at radius 3 is 2.65 bits per heavy atom. The summed E-state index contributed by atoms with van der Waals surface area (Å²) < 4.78 is 2.08. The van der Waals surface area contributed by atoms with E-state index in [1.807, 2.05) is 24.8 Å². The Morgan fingerprint density at radius 1 is 1.04 bits per heavy atom. The second-order valence-corrected chi connectivity index (χ2v) is 8.04. The van der Waals surface area contributed by atoms with Gasteiger partial charge in [0.25, 0.3) is 0 Å². The van der Waals surface area contributed by atoms with E-state index < -0.39 is 0 Å². The molecule has 132 valence electrons. The minimum absolute atomic E-state index is 0.245. The maximum absolute atomic E-state index is 6.60. The van der Waals surface area contributed by atoms with Gasteiger partial charge in [-0.05, 0) is 47.7 Å². The predicted octanol–water partition coefficient (Wildman–Crippen LogP) is 5.29. The van der Waals surface area contributed by atoms with Gasteiger partial charge in [-0.15, -0.1) is 0 Å². The number of para-hydroxylation sites is 1. The van der Waals surface area contributed by atoms with E-state index in [4.69, 9.17) is 23.2 Å². The first kappa shape index (κ1) is 16.4. The molecule has 1 atom stereocenters. The molecule has 26 heavy (non-hydrogen) atoms. The first-order valence-corrected chi connectivity index (χ1v) is 9.75. The number of fused-ring (bicyclic) bond motifs is 1. The van der Waals surface area contributed by atoms with E-state index in [0.29, 0.717) is 11.1 Å². The third-order valence-corrected chi connectivity index (χ3v) is 6.06. The lowest BCUT2D eigenvalue weighted by atomic mass is 9.83. The highest BCUT2D eigenvalue weighted by Crippen LogP contribution is 2.43. The molecule has 1 aromatic heterocycles. The first-order valence-electron chi connectivity index (χ1n) is 9.00. The summed E-state index contributed by atoms with van der Waals surface area (Å²) >= 11 is 13.0. The van der Waals surface area contributed by atoms with Crippen molar-refractivity contribution in [1.82, 2.24) is 14.5 Å². The SMILES string of the molecule is Clc1cc(Cl)c2c(c1)[C@H](c1ccccc1-n1ccnc1)CN(C1CC1)C2. The van der Waals surface area contributed by atoms with Gasteiger partial charge in [0.1, 0.15) is 0 Å². The molecule has 0 saturated heterocycles. The highest BCUT2D eigenvalue weighted by molar-refractivity contribution is 6.35. The third kappa shape index (κ3) is 2.84. The van der Waals surface area contributed by atoms with E-state index >= 15 is 0 Å². The lowest BCUT2D eigenvalue weighted by Gasteiger charge is -2.36. The average molecular weight is 384 g/mol. The fraction of sp³-hybridized carbons (Fsp3) is 0.286. The highest BCUT2D eigenvalue weighted by Gasteiger charge is 2.37. The Kier molecular flexibility index (Phi) is 4.04. The summed E-state index contributed by atoms with van der Waals surface area (Å²) in [6, 6.07) is 13.2. The van der Waals surface area contributed by atoms with E-state index in [-0.39, 0.29) is 5.92 Å². The van der Waals surface area contributed by atoms with Crippen LogP contribution in [0.3, 0.4) is 0 Å². The molecule has 0 N–H and O–H groups in total. The van der Waals surface area contributed by atoms with Crippen molar-refractivity contribution in [3.63, 3.8) is 0 Å². The molecule has 1 fully saturated rings. The molecule has 5 rings (SSSR count). The summed E-state index contributed by atoms with van der Waals surface area (Å²) in [5.74, 6) is 0.245. The Balaban J connectivity index is 1.67. The zero-order valence-electron chi connectivity index (χ0n) is 14.3. The molecular weight excluding hydrogens is 365 g/mol. The van der Waals surface area contributed by atoms with Crippen LogP contribution in [0.25, 0.3) is 5.69 Å². The number of imidazole rings is 1. The van der Waals surface area contributed by atoms with E-state index in [2.05, 4.69) is 44.8 Å². The van der Waals surface area contributed by atoms with E-state index in [1.165, 1.54) is 29.5 Å². The smallest absolute Gasteiger partial charge is 0.0991 e. The van der Waals surface area contributed by atoms with Crippen molar-refractivity contribution >= 4 is 23.2 Å². The molecule has 2 heterocycles. The van der Waals surface area contributed by atoms with Crippen LogP contribution in [-0.2, 0) is 6.54 Å².